The van der Waals surface area contributed by atoms with E-state index in [1.807, 2.05) is 0 Å². The van der Waals surface area contributed by atoms with Gasteiger partial charge in [0.1, 0.15) is 58.1 Å². The molecule has 4 heterocycles. The summed E-state index contributed by atoms with van der Waals surface area (Å²) in [5, 5.41) is 12.2. The monoisotopic (exact) mass is 1710 g/mol. The lowest BCUT2D eigenvalue weighted by Crippen LogP contribution is -2.53. The van der Waals surface area contributed by atoms with Crippen molar-refractivity contribution >= 4 is 160 Å². The molecule has 612 valence electrons. The summed E-state index contributed by atoms with van der Waals surface area (Å²) < 4.78 is 120. The van der Waals surface area contributed by atoms with Crippen molar-refractivity contribution in [2.45, 2.75) is 63.0 Å². The number of pyridine rings is 2. The Morgan fingerprint density at radius 1 is 0.350 bits per heavy atom. The molecule has 0 radical (unpaired) electrons. The van der Waals surface area contributed by atoms with E-state index in [-0.39, 0.29) is 159 Å². The van der Waals surface area contributed by atoms with Gasteiger partial charge in [0.25, 0.3) is 47.3 Å². The lowest BCUT2D eigenvalue weighted by molar-refractivity contribution is -0.151. The number of hydrogen-bond donors (Lipinski definition) is 6. The molecule has 0 saturated heterocycles. The van der Waals surface area contributed by atoms with Gasteiger partial charge in [0.15, 0.2) is 0 Å². The zero-order valence-electron chi connectivity index (χ0n) is 62.5. The Hall–Kier alpha value is -13.4. The van der Waals surface area contributed by atoms with E-state index in [4.69, 9.17) is 65.4 Å². The van der Waals surface area contributed by atoms with Gasteiger partial charge >= 0.3 is 12.4 Å². The molecule has 2 aliphatic rings. The van der Waals surface area contributed by atoms with E-state index in [9.17, 15) is 28.8 Å². The first kappa shape index (κ1) is 84.5. The van der Waals surface area contributed by atoms with Gasteiger partial charge in [-0.25, -0.2) is 0 Å². The second-order valence-electron chi connectivity index (χ2n) is 27.4. The fourth-order valence-corrected chi connectivity index (χ4v) is 14.1. The summed E-state index contributed by atoms with van der Waals surface area (Å²) in [4.78, 5) is 152. The van der Waals surface area contributed by atoms with Gasteiger partial charge in [0, 0.05) is 105 Å². The molecule has 6 N–H and O–H groups in total. The van der Waals surface area contributed by atoms with E-state index in [0.717, 1.165) is 24.3 Å². The first-order valence-corrected chi connectivity index (χ1v) is 37.9. The minimum absolute atomic E-state index is 0.0525. The predicted molar refractivity (Wildman–Crippen MR) is 436 cm³/mol. The number of nitrogens with one attached hydrogen (secondary N) is 6. The Kier molecular flexibility index (Phi) is 24.9. The van der Waals surface area contributed by atoms with Crippen LogP contribution in [0.25, 0.3) is 43.1 Å². The van der Waals surface area contributed by atoms with Crippen LogP contribution in [0.1, 0.15) is 76.5 Å². The lowest BCUT2D eigenvalue weighted by atomic mass is 9.80. The molecule has 120 heavy (non-hydrogen) atoms. The number of fused-ring (bicyclic) bond motifs is 2. The number of benzene rings is 9. The van der Waals surface area contributed by atoms with Crippen LogP contribution in [-0.4, -0.2) is 129 Å². The Labute approximate surface area is 697 Å². The number of ether oxygens (including phenoxy) is 4. The Morgan fingerprint density at radius 3 is 0.783 bits per heavy atom. The Morgan fingerprint density at radius 2 is 0.575 bits per heavy atom. The third kappa shape index (κ3) is 18.8. The molecule has 2 aromatic heterocycles. The number of rotatable bonds is 32. The number of amides is 10. The highest BCUT2D eigenvalue weighted by Gasteiger charge is 2.50. The molecule has 2 aliphatic heterocycles. The fourth-order valence-electron chi connectivity index (χ4n) is 13.9. The first-order chi connectivity index (χ1) is 57.2. The van der Waals surface area contributed by atoms with E-state index >= 15 is 45.5 Å². The van der Waals surface area contributed by atoms with E-state index < -0.39 is 142 Å². The minimum Gasteiger partial charge on any atom is -0.457 e. The first-order valence-electron chi connectivity index (χ1n) is 36.4. The normalized spacial score (nSPS) is 13.1. The van der Waals surface area contributed by atoms with Gasteiger partial charge in [-0.2, -0.15) is 26.3 Å². The number of aromatic nitrogens is 2. The smallest absolute Gasteiger partial charge is 0.391 e. The van der Waals surface area contributed by atoms with Crippen molar-refractivity contribution in [2.75, 3.05) is 36.8 Å². The number of halogens is 10. The van der Waals surface area contributed by atoms with E-state index in [2.05, 4.69) is 68.2 Å². The van der Waals surface area contributed by atoms with Crippen molar-refractivity contribution < 1.29 is 93.2 Å². The number of carbonyl (C=O) groups is 10. The molecule has 13 rings (SSSR count). The molecule has 0 bridgehead atoms. The van der Waals surface area contributed by atoms with E-state index in [1.165, 1.54) is 97.6 Å². The maximum absolute atomic E-state index is 16.2. The van der Waals surface area contributed by atoms with Gasteiger partial charge in [0.2, 0.25) is 11.8 Å². The van der Waals surface area contributed by atoms with Crippen LogP contribution < -0.4 is 50.8 Å². The number of anilines is 2. The van der Waals surface area contributed by atoms with Crippen LogP contribution >= 0.6 is 46.4 Å². The topological polar surface area (TPSA) is 312 Å². The van der Waals surface area contributed by atoms with Crippen LogP contribution in [0.15, 0.2) is 217 Å². The van der Waals surface area contributed by atoms with Gasteiger partial charge < -0.3 is 50.8 Å². The van der Waals surface area contributed by atoms with Crippen molar-refractivity contribution in [3.8, 4) is 46.0 Å². The highest BCUT2D eigenvalue weighted by molar-refractivity contribution is 6.46. The van der Waals surface area contributed by atoms with Crippen molar-refractivity contribution in [2.24, 2.45) is 0 Å². The van der Waals surface area contributed by atoms with Crippen molar-refractivity contribution in [3.63, 3.8) is 0 Å². The van der Waals surface area contributed by atoms with E-state index in [1.54, 1.807) is 48.5 Å². The zero-order valence-corrected chi connectivity index (χ0v) is 65.5. The summed E-state index contributed by atoms with van der Waals surface area (Å²) in [5.74, 6) is -13.4. The molecular weight excluding hydrogens is 1650 g/mol. The largest absolute Gasteiger partial charge is 0.457 e. The number of alkyl halides is 6. The molecule has 11 aromatic rings. The van der Waals surface area contributed by atoms with Crippen LogP contribution in [0, 0.1) is 0 Å². The lowest BCUT2D eigenvalue weighted by Gasteiger charge is -2.36. The SMILES string of the molecule is C=C(Cl)C(=O)NCCc1ccc(Oc2cc3c4c(cc(Oc5ccc(CCNC(=O)C(=C)Cl)cc5)c5c6c(Oc7ccc(CCNC(=O)C(=C)Cl)cc7)cc7c8c(cc(Oc9ccc(CCNC(=O)C(=C)Cl)cc9)c(c2c45)c86)C(=O)N(C(CC(F)(F)F)C(=O)Nc2ccncc2)C7=O)C(=O)N(C(CC(F)(F)F)C(=O)Nc2ccncc2)C3=O)cc1. The third-order valence-electron chi connectivity index (χ3n) is 19.3. The molecule has 0 saturated carbocycles. The molecular formula is C86H64Cl4F6N10O14. The summed E-state index contributed by atoms with van der Waals surface area (Å²) in [6, 6.07) is 28.5. The van der Waals surface area contributed by atoms with Crippen LogP contribution in [0.2, 0.25) is 0 Å². The van der Waals surface area contributed by atoms with Gasteiger partial charge in [-0.05, 0) is 145 Å². The quantitative estimate of drug-likeness (QED) is 0.00750. The van der Waals surface area contributed by atoms with Crippen LogP contribution in [0.3, 0.4) is 0 Å². The summed E-state index contributed by atoms with van der Waals surface area (Å²) in [5.41, 5.74) is -0.113. The van der Waals surface area contributed by atoms with Crippen molar-refractivity contribution in [1.29, 1.82) is 0 Å². The zero-order chi connectivity index (χ0) is 85.8. The van der Waals surface area contributed by atoms with E-state index in [0.29, 0.717) is 22.3 Å². The molecule has 34 heteroatoms. The third-order valence-corrected chi connectivity index (χ3v) is 20.0. The summed E-state index contributed by atoms with van der Waals surface area (Å²) >= 11 is 23.4. The van der Waals surface area contributed by atoms with Crippen molar-refractivity contribution in [3.05, 3.63) is 261 Å². The molecule has 0 aliphatic carbocycles. The summed E-state index contributed by atoms with van der Waals surface area (Å²) in [6.07, 6.45) is -9.09. The second kappa shape index (κ2) is 35.4. The van der Waals surface area contributed by atoms with Gasteiger partial charge in [-0.1, -0.05) is 121 Å². The number of nitrogens with zero attached hydrogens (tertiary/aromatic N) is 4. The second-order valence-corrected chi connectivity index (χ2v) is 29.2. The molecule has 2 atom stereocenters. The maximum atomic E-state index is 16.2. The van der Waals surface area contributed by atoms with Crippen molar-refractivity contribution in [1.82, 2.24) is 41.0 Å². The molecule has 10 amide bonds. The molecule has 0 spiro atoms. The standard InChI is InChI=1S/C86H64Cl4F6N10O14/c1-43(87)75(107)99-33-21-47-5-13-53(14-6-47)117-63-37-57-67-58(82(114)105(81(57)113)61(41-85(91,92)93)79(111)103-51-25-29-97-30-26-51)39-65(119-55-17-9-49(10-18-55)23-35-101-77(109)45(3)89)71-72-66(120-56-19-11-50(12-20-56)24-36-102-78(110)46(4)90)40-60-68-59(83(115)106(84(60)116)62(42-86(94,95)96)80(112)104-52-27-31-98-32-28-52)38-64(70(74(68)72)69(63)73(67)71)118-54-15-7-48(8-16-54)22-34-100-76(108)44(2)88/h5-20,25-32,37-40,61-62H,1-4,21-24,33-36,41-42H2,(H,99,107)(H,100,108)(H,101,109)(H,102,110)(H,97,103,111)(H,98,104,112). The van der Waals surface area contributed by atoms with Crippen LogP contribution in [0.5, 0.6) is 46.0 Å². The Balaban J connectivity index is 1.15. The summed E-state index contributed by atoms with van der Waals surface area (Å²) in [7, 11) is 0. The summed E-state index contributed by atoms with van der Waals surface area (Å²) in [6.45, 7) is 14.0. The predicted octanol–water partition coefficient (Wildman–Crippen LogP) is 16.5. The maximum Gasteiger partial charge on any atom is 0.391 e. The molecule has 2 unspecified atom stereocenters. The average Bonchev–Trinajstić information content (AvgIpc) is 0.669. The highest BCUT2D eigenvalue weighted by Crippen LogP contribution is 2.58. The van der Waals surface area contributed by atoms with Crippen LogP contribution in [0.4, 0.5) is 37.7 Å². The minimum atomic E-state index is -5.28. The molecule has 0 fully saturated rings. The average molecular weight is 1720 g/mol. The number of carbonyl (C=O) groups excluding carboxylic acids is 10. The molecule has 9 aromatic carbocycles. The molecule has 24 nitrogen and oxygen atoms in total. The fraction of sp³-hybridized carbons (Fsp3) is 0.163. The van der Waals surface area contributed by atoms with Gasteiger partial charge in [0.05, 0.1) is 55.2 Å². The number of hydrogen-bond acceptors (Lipinski definition) is 16. The number of imide groups is 2. The van der Waals surface area contributed by atoms with Gasteiger partial charge in [-0.3, -0.25) is 67.7 Å². The Bertz CT molecular complexity index is 5400. The van der Waals surface area contributed by atoms with Crippen LogP contribution in [-0.2, 0) is 54.5 Å². The van der Waals surface area contributed by atoms with Gasteiger partial charge in [-0.15, -0.1) is 0 Å². The highest BCUT2D eigenvalue weighted by atomic mass is 35.5.